The number of morpholine rings is 1. The number of nitrogens with zero attached hydrogens (tertiary/aromatic N) is 6. The maximum Gasteiger partial charge on any atom is 0.246 e. The summed E-state index contributed by atoms with van der Waals surface area (Å²) in [5.41, 5.74) is 2.95. The number of hydrogen-bond donors (Lipinski definition) is 1. The Bertz CT molecular complexity index is 1140. The minimum absolute atomic E-state index is 0.0308. The van der Waals surface area contributed by atoms with Crippen molar-refractivity contribution in [2.75, 3.05) is 62.7 Å². The first-order chi connectivity index (χ1) is 17.6. The van der Waals surface area contributed by atoms with E-state index in [9.17, 15) is 4.79 Å². The third-order valence-corrected chi connectivity index (χ3v) is 7.84. The van der Waals surface area contributed by atoms with Crippen molar-refractivity contribution in [1.29, 1.82) is 0 Å². The van der Waals surface area contributed by atoms with E-state index in [-0.39, 0.29) is 12.0 Å². The molecule has 1 amide bonds. The number of carbonyl (C=O) groups excluding carboxylic acids is 1. The second-order valence-corrected chi connectivity index (χ2v) is 9.96. The fourth-order valence-electron chi connectivity index (χ4n) is 5.69. The summed E-state index contributed by atoms with van der Waals surface area (Å²) < 4.78 is 11.9. The number of piperidine rings is 1. The molecule has 190 valence electrons. The van der Waals surface area contributed by atoms with Crippen LogP contribution < -0.4 is 15.0 Å². The molecule has 10 heteroatoms. The van der Waals surface area contributed by atoms with Crippen molar-refractivity contribution in [3.8, 4) is 5.75 Å². The molecule has 6 heterocycles. The van der Waals surface area contributed by atoms with Gasteiger partial charge in [0.25, 0.3) is 0 Å². The number of carbonyl (C=O) groups is 1. The lowest BCUT2D eigenvalue weighted by atomic mass is 9.91. The Morgan fingerprint density at radius 1 is 1.14 bits per heavy atom. The zero-order valence-electron chi connectivity index (χ0n) is 20.7. The number of aromatic nitrogens is 3. The molecule has 2 aromatic rings. The lowest BCUT2D eigenvalue weighted by molar-refractivity contribution is -0.133. The number of amides is 1. The normalized spacial score (nSPS) is 23.0. The van der Waals surface area contributed by atoms with Gasteiger partial charge in [0.05, 0.1) is 30.7 Å². The van der Waals surface area contributed by atoms with E-state index in [1.54, 1.807) is 6.33 Å². The summed E-state index contributed by atoms with van der Waals surface area (Å²) in [6, 6.07) is 2.59. The molecule has 0 radical (unpaired) electrons. The molecule has 2 aromatic heterocycles. The molecule has 4 aliphatic rings. The molecule has 0 aromatic carbocycles. The van der Waals surface area contributed by atoms with Crippen molar-refractivity contribution >= 4 is 23.2 Å². The molecular formula is C26H33N7O3. The minimum atomic E-state index is -0.210. The number of pyridine rings is 1. The smallest absolute Gasteiger partial charge is 0.246 e. The molecule has 4 aliphatic heterocycles. The van der Waals surface area contributed by atoms with Crippen molar-refractivity contribution in [3.63, 3.8) is 0 Å². The predicted molar refractivity (Wildman–Crippen MR) is 136 cm³/mol. The van der Waals surface area contributed by atoms with Crippen LogP contribution in [0.5, 0.6) is 5.75 Å². The largest absolute Gasteiger partial charge is 0.482 e. The fourth-order valence-corrected chi connectivity index (χ4v) is 5.69. The van der Waals surface area contributed by atoms with Crippen LogP contribution >= 0.6 is 0 Å². The van der Waals surface area contributed by atoms with Crippen LogP contribution in [-0.2, 0) is 9.53 Å². The lowest BCUT2D eigenvalue weighted by Gasteiger charge is -2.47. The fraction of sp³-hybridized carbons (Fsp3) is 0.538. The summed E-state index contributed by atoms with van der Waals surface area (Å²) in [6.07, 6.45) is 6.76. The number of hydrogen-bond acceptors (Lipinski definition) is 9. The first kappa shape index (κ1) is 23.2. The lowest BCUT2D eigenvalue weighted by Crippen LogP contribution is -2.61. The molecule has 36 heavy (non-hydrogen) atoms. The van der Waals surface area contributed by atoms with Crippen LogP contribution in [0, 0.1) is 0 Å². The quantitative estimate of drug-likeness (QED) is 0.647. The highest BCUT2D eigenvalue weighted by atomic mass is 16.5. The average Bonchev–Trinajstić information content (AvgIpc) is 3.03. The number of nitrogens with one attached hydrogen (secondary N) is 1. The summed E-state index contributed by atoms with van der Waals surface area (Å²) in [5, 5.41) is 3.53. The second-order valence-electron chi connectivity index (χ2n) is 9.96. The van der Waals surface area contributed by atoms with Gasteiger partial charge in [0.1, 0.15) is 24.1 Å². The summed E-state index contributed by atoms with van der Waals surface area (Å²) in [5.74, 6) is 2.85. The first-order valence-electron chi connectivity index (χ1n) is 12.9. The molecule has 3 fully saturated rings. The van der Waals surface area contributed by atoms with Crippen molar-refractivity contribution in [2.45, 2.75) is 37.8 Å². The third kappa shape index (κ3) is 4.28. The standard InChI is InChI=1S/C26H33N7O3/c1-3-23(34)33-14-19(15-33)31-6-4-18(5-7-31)20-12-21-22(13-27-20)36-17(2)24-25(30-21)28-16-29-26(24)32-8-10-35-11-9-32/h3,12-13,16-19H,1,4-11,14-15H2,2H3,(H,28,29,30)/t17-/m0/s1. The van der Waals surface area contributed by atoms with Gasteiger partial charge in [-0.25, -0.2) is 9.97 Å². The maximum absolute atomic E-state index is 11.7. The molecule has 0 aliphatic carbocycles. The summed E-state index contributed by atoms with van der Waals surface area (Å²) in [7, 11) is 0. The molecule has 6 rings (SSSR count). The van der Waals surface area contributed by atoms with Gasteiger partial charge in [0.2, 0.25) is 5.91 Å². The Morgan fingerprint density at radius 2 is 1.92 bits per heavy atom. The molecule has 1 atom stereocenters. The molecule has 1 N–H and O–H groups in total. The van der Waals surface area contributed by atoms with Crippen LogP contribution in [0.4, 0.5) is 17.3 Å². The number of fused-ring (bicyclic) bond motifs is 2. The maximum atomic E-state index is 11.7. The van der Waals surface area contributed by atoms with Gasteiger partial charge in [0.15, 0.2) is 5.75 Å². The number of ether oxygens (including phenoxy) is 2. The van der Waals surface area contributed by atoms with Gasteiger partial charge in [-0.3, -0.25) is 14.7 Å². The zero-order chi connectivity index (χ0) is 24.6. The van der Waals surface area contributed by atoms with Crippen LogP contribution in [-0.4, -0.2) is 89.2 Å². The highest BCUT2D eigenvalue weighted by Crippen LogP contribution is 2.42. The molecule has 0 saturated carbocycles. The van der Waals surface area contributed by atoms with Crippen molar-refractivity contribution < 1.29 is 14.3 Å². The van der Waals surface area contributed by atoms with Crippen molar-refractivity contribution in [3.05, 3.63) is 42.5 Å². The predicted octanol–water partition coefficient (Wildman–Crippen LogP) is 2.48. The number of rotatable bonds is 4. The van der Waals surface area contributed by atoms with E-state index >= 15 is 0 Å². The molecule has 0 spiro atoms. The third-order valence-electron chi connectivity index (χ3n) is 7.84. The van der Waals surface area contributed by atoms with Gasteiger partial charge in [-0.15, -0.1) is 0 Å². The van der Waals surface area contributed by atoms with E-state index in [0.717, 1.165) is 86.4 Å². The monoisotopic (exact) mass is 491 g/mol. The minimum Gasteiger partial charge on any atom is -0.482 e. The Morgan fingerprint density at radius 3 is 2.67 bits per heavy atom. The second kappa shape index (κ2) is 9.67. The number of likely N-dealkylation sites (tertiary alicyclic amines) is 2. The molecule has 0 bridgehead atoms. The van der Waals surface area contributed by atoms with Crippen LogP contribution in [0.15, 0.2) is 31.2 Å². The Hall–Kier alpha value is -3.24. The SMILES string of the molecule is C=CC(=O)N1CC(N2CCC(c3cc4c(cn3)O[C@@H](C)c3c(ncnc3N3CCOCC3)N4)CC2)C1. The Labute approximate surface area is 211 Å². The van der Waals surface area contributed by atoms with Gasteiger partial charge in [-0.2, -0.15) is 0 Å². The van der Waals surface area contributed by atoms with E-state index < -0.39 is 0 Å². The van der Waals surface area contributed by atoms with Gasteiger partial charge in [-0.1, -0.05) is 6.58 Å². The first-order valence-corrected chi connectivity index (χ1v) is 12.9. The van der Waals surface area contributed by atoms with Gasteiger partial charge >= 0.3 is 0 Å². The summed E-state index contributed by atoms with van der Waals surface area (Å²) in [4.78, 5) is 32.3. The number of anilines is 3. The van der Waals surface area contributed by atoms with Gasteiger partial charge in [0, 0.05) is 43.8 Å². The molecule has 10 nitrogen and oxygen atoms in total. The van der Waals surface area contributed by atoms with E-state index in [2.05, 4.69) is 37.7 Å². The van der Waals surface area contributed by atoms with Gasteiger partial charge in [-0.05, 0) is 45.0 Å². The summed E-state index contributed by atoms with van der Waals surface area (Å²) in [6.45, 7) is 12.3. The highest BCUT2D eigenvalue weighted by molar-refractivity contribution is 5.87. The van der Waals surface area contributed by atoms with Crippen molar-refractivity contribution in [2.24, 2.45) is 0 Å². The highest BCUT2D eigenvalue weighted by Gasteiger charge is 2.36. The molecule has 3 saturated heterocycles. The van der Waals surface area contributed by atoms with Crippen LogP contribution in [0.1, 0.15) is 43.0 Å². The Kier molecular flexibility index (Phi) is 6.22. The zero-order valence-corrected chi connectivity index (χ0v) is 20.7. The van der Waals surface area contributed by atoms with Crippen molar-refractivity contribution in [1.82, 2.24) is 24.8 Å². The van der Waals surface area contributed by atoms with E-state index in [1.807, 2.05) is 18.0 Å². The topological polar surface area (TPSA) is 96.0 Å². The van der Waals surface area contributed by atoms with E-state index in [1.165, 1.54) is 6.08 Å². The Balaban J connectivity index is 1.16. The van der Waals surface area contributed by atoms with E-state index in [4.69, 9.17) is 14.5 Å². The van der Waals surface area contributed by atoms with Crippen LogP contribution in [0.2, 0.25) is 0 Å². The van der Waals surface area contributed by atoms with Crippen LogP contribution in [0.3, 0.4) is 0 Å². The molecule has 0 unspecified atom stereocenters. The molecular weight excluding hydrogens is 458 g/mol. The van der Waals surface area contributed by atoms with Crippen LogP contribution in [0.25, 0.3) is 0 Å². The van der Waals surface area contributed by atoms with Gasteiger partial charge < -0.3 is 24.6 Å². The summed E-state index contributed by atoms with van der Waals surface area (Å²) >= 11 is 0. The average molecular weight is 492 g/mol. The van der Waals surface area contributed by atoms with E-state index in [0.29, 0.717) is 25.2 Å².